The zero-order valence-electron chi connectivity index (χ0n) is 12.0. The summed E-state index contributed by atoms with van der Waals surface area (Å²) in [6.45, 7) is 1.50. The second-order valence-electron chi connectivity index (χ2n) is 5.37. The van der Waals surface area contributed by atoms with E-state index in [0.717, 1.165) is 11.0 Å². The van der Waals surface area contributed by atoms with Gasteiger partial charge < -0.3 is 5.32 Å². The Morgan fingerprint density at radius 2 is 1.50 bits per heavy atom. The van der Waals surface area contributed by atoms with E-state index in [9.17, 15) is 4.79 Å². The third-order valence-corrected chi connectivity index (χ3v) is 3.45. The van der Waals surface area contributed by atoms with E-state index in [0.29, 0.717) is 12.1 Å². The van der Waals surface area contributed by atoms with E-state index in [4.69, 9.17) is 0 Å². The molecule has 0 radical (unpaired) electrons. The van der Waals surface area contributed by atoms with E-state index in [2.05, 4.69) is 31.5 Å². The van der Waals surface area contributed by atoms with Crippen molar-refractivity contribution in [3.63, 3.8) is 0 Å². The van der Waals surface area contributed by atoms with Crippen LogP contribution in [0.3, 0.4) is 0 Å². The molecule has 2 rings (SSSR count). The Kier molecular flexibility index (Phi) is 4.53. The molecule has 0 aromatic heterocycles. The summed E-state index contributed by atoms with van der Waals surface area (Å²) in [6, 6.07) is 19.6. The number of carbonyl (C=O) groups excluding carboxylic acids is 1. The zero-order chi connectivity index (χ0) is 14.4. The second kappa shape index (κ2) is 6.35. The van der Waals surface area contributed by atoms with Gasteiger partial charge in [0.2, 0.25) is 0 Å². The van der Waals surface area contributed by atoms with Gasteiger partial charge in [-0.15, -0.1) is 0 Å². The molecule has 2 aromatic rings. The van der Waals surface area contributed by atoms with E-state index in [1.165, 1.54) is 5.69 Å². The van der Waals surface area contributed by atoms with Gasteiger partial charge in [-0.2, -0.15) is 0 Å². The van der Waals surface area contributed by atoms with Gasteiger partial charge >= 0.3 is 0 Å². The largest absolute Gasteiger partial charge is 0.346 e. The smallest absolute Gasteiger partial charge is 0.251 e. The highest BCUT2D eigenvalue weighted by Gasteiger charge is 2.18. The fourth-order valence-electron chi connectivity index (χ4n) is 2.10. The molecule has 0 saturated heterocycles. The number of rotatable bonds is 5. The van der Waals surface area contributed by atoms with Crippen LogP contribution >= 0.6 is 0 Å². The van der Waals surface area contributed by atoms with Gasteiger partial charge in [0, 0.05) is 5.56 Å². The monoisotopic (exact) mass is 269 g/mol. The Labute approximate surface area is 120 Å². The normalized spacial score (nSPS) is 11.1. The minimum absolute atomic E-state index is 0.0151. The minimum atomic E-state index is -0.0151. The molecule has 2 aromatic carbocycles. The Morgan fingerprint density at radius 1 is 0.950 bits per heavy atom. The number of hydrogen-bond donors (Lipinski definition) is 1. The van der Waals surface area contributed by atoms with Gasteiger partial charge in [0.15, 0.2) is 0 Å². The molecule has 104 valence electrons. The predicted molar refractivity (Wildman–Crippen MR) is 83.7 cm³/mol. The summed E-state index contributed by atoms with van der Waals surface area (Å²) >= 11 is 0. The molecule has 0 aliphatic rings. The third kappa shape index (κ3) is 3.68. The van der Waals surface area contributed by atoms with Crippen LogP contribution in [0.2, 0.25) is 0 Å². The molecule has 0 unspecified atom stereocenters. The molecule has 3 heteroatoms. The van der Waals surface area contributed by atoms with Crippen LogP contribution in [0.4, 0.5) is 5.69 Å². The zero-order valence-corrected chi connectivity index (χ0v) is 12.0. The van der Waals surface area contributed by atoms with Gasteiger partial charge in [-0.3, -0.25) is 9.28 Å². The summed E-state index contributed by atoms with van der Waals surface area (Å²) in [6.07, 6.45) is 0. The molecule has 0 atom stereocenters. The van der Waals surface area contributed by atoms with Crippen molar-refractivity contribution < 1.29 is 4.79 Å². The van der Waals surface area contributed by atoms with Crippen LogP contribution in [0.5, 0.6) is 0 Å². The number of nitrogens with one attached hydrogen (secondary N) is 1. The number of benzene rings is 2. The molecule has 1 amide bonds. The molecule has 0 aliphatic heterocycles. The first-order chi connectivity index (χ1) is 9.59. The topological polar surface area (TPSA) is 29.1 Å². The summed E-state index contributed by atoms with van der Waals surface area (Å²) in [5.74, 6) is -0.0151. The molecule has 0 saturated carbocycles. The number of amides is 1. The van der Waals surface area contributed by atoms with E-state index in [1.54, 1.807) is 0 Å². The standard InChI is InChI=1S/C17H20N2O/c1-19(2,16-11-7-4-8-12-16)14-13-18-17(20)15-9-5-3-6-10-15/h3-12H,13-14H2,1-2H3/p+1. The fraction of sp³-hybridized carbons (Fsp3) is 0.235. The lowest BCUT2D eigenvalue weighted by atomic mass is 10.2. The highest BCUT2D eigenvalue weighted by molar-refractivity contribution is 5.94. The Hall–Kier alpha value is -2.13. The number of quaternary nitrogens is 1. The number of nitrogens with zero attached hydrogens (tertiary/aromatic N) is 1. The van der Waals surface area contributed by atoms with Gasteiger partial charge in [-0.05, 0) is 24.3 Å². The quantitative estimate of drug-likeness (QED) is 0.831. The van der Waals surface area contributed by atoms with Crippen LogP contribution in [0.1, 0.15) is 10.4 Å². The van der Waals surface area contributed by atoms with Crippen LogP contribution in [0.25, 0.3) is 0 Å². The van der Waals surface area contributed by atoms with Crippen LogP contribution in [-0.2, 0) is 0 Å². The van der Waals surface area contributed by atoms with Gasteiger partial charge in [0.25, 0.3) is 5.91 Å². The van der Waals surface area contributed by atoms with Crippen molar-refractivity contribution in [3.8, 4) is 0 Å². The third-order valence-electron chi connectivity index (χ3n) is 3.45. The first-order valence-electron chi connectivity index (χ1n) is 6.81. The lowest BCUT2D eigenvalue weighted by Gasteiger charge is -2.29. The number of hydrogen-bond acceptors (Lipinski definition) is 1. The highest BCUT2D eigenvalue weighted by atomic mass is 16.1. The van der Waals surface area contributed by atoms with Crippen molar-refractivity contribution in [2.24, 2.45) is 0 Å². The molecule has 20 heavy (non-hydrogen) atoms. The maximum atomic E-state index is 11.9. The molecular weight excluding hydrogens is 248 g/mol. The first kappa shape index (κ1) is 14.3. The summed E-state index contributed by atoms with van der Waals surface area (Å²) in [7, 11) is 4.29. The predicted octanol–water partition coefficient (Wildman–Crippen LogP) is 2.68. The average molecular weight is 269 g/mol. The van der Waals surface area contributed by atoms with Crippen molar-refractivity contribution in [1.82, 2.24) is 9.80 Å². The van der Waals surface area contributed by atoms with Crippen LogP contribution in [0, 0.1) is 0 Å². The Bertz CT molecular complexity index is 550. The van der Waals surface area contributed by atoms with Gasteiger partial charge in [-0.1, -0.05) is 36.4 Å². The Morgan fingerprint density at radius 3 is 2.10 bits per heavy atom. The molecule has 3 nitrogen and oxygen atoms in total. The van der Waals surface area contributed by atoms with Crippen LogP contribution < -0.4 is 9.80 Å². The number of likely N-dealkylation sites (N-methyl/N-ethyl adjacent to an activating group) is 1. The molecule has 0 fully saturated rings. The van der Waals surface area contributed by atoms with Crippen molar-refractivity contribution in [2.75, 3.05) is 27.2 Å². The molecule has 1 N–H and O–H groups in total. The number of carbonyl (C=O) groups is 1. The average Bonchev–Trinajstić information content (AvgIpc) is 2.49. The molecule has 0 bridgehead atoms. The van der Waals surface area contributed by atoms with Gasteiger partial charge in [0.05, 0.1) is 20.6 Å². The van der Waals surface area contributed by atoms with E-state index in [1.807, 2.05) is 48.5 Å². The molecule has 0 spiro atoms. The van der Waals surface area contributed by atoms with Gasteiger partial charge in [0.1, 0.15) is 12.2 Å². The van der Waals surface area contributed by atoms with Gasteiger partial charge in [-0.25, -0.2) is 0 Å². The van der Waals surface area contributed by atoms with Crippen molar-refractivity contribution in [3.05, 3.63) is 66.2 Å². The lowest BCUT2D eigenvalue weighted by molar-refractivity contribution is 0.0951. The van der Waals surface area contributed by atoms with Crippen LogP contribution in [0.15, 0.2) is 60.7 Å². The van der Waals surface area contributed by atoms with E-state index in [-0.39, 0.29) is 5.91 Å². The van der Waals surface area contributed by atoms with Crippen molar-refractivity contribution in [1.29, 1.82) is 0 Å². The van der Waals surface area contributed by atoms with E-state index >= 15 is 0 Å². The van der Waals surface area contributed by atoms with E-state index < -0.39 is 0 Å². The minimum Gasteiger partial charge on any atom is -0.346 e. The maximum absolute atomic E-state index is 11.9. The van der Waals surface area contributed by atoms with Crippen molar-refractivity contribution >= 4 is 11.6 Å². The lowest BCUT2D eigenvalue weighted by Crippen LogP contribution is -2.46. The maximum Gasteiger partial charge on any atom is 0.251 e. The summed E-state index contributed by atoms with van der Waals surface area (Å²) in [5, 5.41) is 2.97. The second-order valence-corrected chi connectivity index (χ2v) is 5.37. The molecular formula is C17H21N2O+. The molecule has 0 heterocycles. The molecule has 0 aliphatic carbocycles. The summed E-state index contributed by atoms with van der Waals surface area (Å²) in [4.78, 5) is 11.9. The van der Waals surface area contributed by atoms with Crippen molar-refractivity contribution in [2.45, 2.75) is 0 Å². The summed E-state index contributed by atoms with van der Waals surface area (Å²) < 4.78 is 0.746. The fourth-order valence-corrected chi connectivity index (χ4v) is 2.10. The first-order valence-corrected chi connectivity index (χ1v) is 6.81. The summed E-state index contributed by atoms with van der Waals surface area (Å²) in [5.41, 5.74) is 1.94. The highest BCUT2D eigenvalue weighted by Crippen LogP contribution is 2.16. The number of para-hydroxylation sites is 1. The SMILES string of the molecule is C[N+](C)(CCNC(=O)c1ccccc1)c1ccccc1. The Balaban J connectivity index is 1.88. The van der Waals surface area contributed by atoms with Crippen LogP contribution in [-0.4, -0.2) is 33.1 Å².